The summed E-state index contributed by atoms with van der Waals surface area (Å²) in [6.07, 6.45) is 0.222. The Morgan fingerprint density at radius 2 is 1.73 bits per heavy atom. The van der Waals surface area contributed by atoms with Gasteiger partial charge in [-0.15, -0.1) is 0 Å². The molecule has 1 aromatic carbocycles. The Morgan fingerprint density at radius 3 is 2.07 bits per heavy atom. The molecule has 0 aliphatic heterocycles. The van der Waals surface area contributed by atoms with Crippen LogP contribution in [0.3, 0.4) is 0 Å². The van der Waals surface area contributed by atoms with Crippen molar-refractivity contribution in [2.24, 2.45) is 0 Å². The van der Waals surface area contributed by atoms with Gasteiger partial charge in [-0.05, 0) is 43.5 Å². The molecule has 3 N–H and O–H groups in total. The zero-order chi connectivity index (χ0) is 12.0. The van der Waals surface area contributed by atoms with Crippen molar-refractivity contribution in [2.45, 2.75) is 34.1 Å². The first kappa shape index (κ1) is 13.5. The number of anilines is 1. The van der Waals surface area contributed by atoms with E-state index in [0.717, 1.165) is 5.69 Å². The van der Waals surface area contributed by atoms with Crippen LogP contribution in [0, 0.1) is 20.8 Å². The van der Waals surface area contributed by atoms with Crippen molar-refractivity contribution in [3.63, 3.8) is 0 Å². The predicted molar refractivity (Wildman–Crippen MR) is 63.0 cm³/mol. The van der Waals surface area contributed by atoms with Crippen LogP contribution in [0.4, 0.5) is 5.69 Å². The van der Waals surface area contributed by atoms with Crippen LogP contribution in [0.1, 0.15) is 30.0 Å². The fourth-order valence-corrected chi connectivity index (χ4v) is 0.977. The standard InChI is InChI=1S/C9H13N.C3H6O2/c1-6-4-5-9(10)8(3)7(6)2;1-2-3(4)5/h4-5H,10H2,1-3H3;2H2,1H3,(H,4,5). The van der Waals surface area contributed by atoms with E-state index >= 15 is 0 Å². The summed E-state index contributed by atoms with van der Waals surface area (Å²) in [4.78, 5) is 9.37. The monoisotopic (exact) mass is 209 g/mol. The normalized spacial score (nSPS) is 9.07. The summed E-state index contributed by atoms with van der Waals surface area (Å²) in [5.74, 6) is -0.745. The lowest BCUT2D eigenvalue weighted by Gasteiger charge is -2.05. The van der Waals surface area contributed by atoms with Crippen molar-refractivity contribution in [3.05, 3.63) is 28.8 Å². The van der Waals surface area contributed by atoms with Gasteiger partial charge in [0, 0.05) is 12.1 Å². The van der Waals surface area contributed by atoms with E-state index < -0.39 is 5.97 Å². The molecule has 3 nitrogen and oxygen atoms in total. The number of carbonyl (C=O) groups is 1. The second-order valence-electron chi connectivity index (χ2n) is 3.47. The molecule has 1 rings (SSSR count). The molecule has 0 heterocycles. The predicted octanol–water partition coefficient (Wildman–Crippen LogP) is 2.68. The molecule has 0 spiro atoms. The fourth-order valence-electron chi connectivity index (χ4n) is 0.977. The number of aliphatic carboxylic acids is 1. The molecular formula is C12H19NO2. The Balaban J connectivity index is 0.000000336. The zero-order valence-corrected chi connectivity index (χ0v) is 9.79. The number of aryl methyl sites for hydroxylation is 1. The summed E-state index contributed by atoms with van der Waals surface area (Å²) < 4.78 is 0. The number of nitrogens with two attached hydrogens (primary N) is 1. The van der Waals surface area contributed by atoms with Crippen molar-refractivity contribution >= 4 is 11.7 Å². The van der Waals surface area contributed by atoms with Gasteiger partial charge in [0.2, 0.25) is 0 Å². The lowest BCUT2D eigenvalue weighted by Crippen LogP contribution is -1.93. The molecule has 3 heteroatoms. The molecular weight excluding hydrogens is 190 g/mol. The molecule has 0 saturated carbocycles. The highest BCUT2D eigenvalue weighted by molar-refractivity contribution is 5.66. The van der Waals surface area contributed by atoms with Gasteiger partial charge in [-0.25, -0.2) is 0 Å². The van der Waals surface area contributed by atoms with Crippen molar-refractivity contribution in [2.75, 3.05) is 5.73 Å². The van der Waals surface area contributed by atoms with E-state index in [1.807, 2.05) is 6.07 Å². The number of hydrogen-bond donors (Lipinski definition) is 2. The van der Waals surface area contributed by atoms with Crippen LogP contribution in [0.2, 0.25) is 0 Å². The van der Waals surface area contributed by atoms with Crippen LogP contribution >= 0.6 is 0 Å². The summed E-state index contributed by atoms with van der Waals surface area (Å²) in [5.41, 5.74) is 10.4. The Labute approximate surface area is 90.9 Å². The molecule has 0 aromatic heterocycles. The highest BCUT2D eigenvalue weighted by Crippen LogP contribution is 2.17. The third-order valence-electron chi connectivity index (χ3n) is 2.40. The minimum absolute atomic E-state index is 0.222. The van der Waals surface area contributed by atoms with E-state index in [0.29, 0.717) is 0 Å². The van der Waals surface area contributed by atoms with Gasteiger partial charge in [-0.1, -0.05) is 13.0 Å². The van der Waals surface area contributed by atoms with Gasteiger partial charge in [0.1, 0.15) is 0 Å². The first-order valence-electron chi connectivity index (χ1n) is 4.94. The maximum Gasteiger partial charge on any atom is 0.303 e. The zero-order valence-electron chi connectivity index (χ0n) is 9.79. The Morgan fingerprint density at radius 1 is 1.27 bits per heavy atom. The summed E-state index contributed by atoms with van der Waals surface area (Å²) in [7, 11) is 0. The first-order chi connectivity index (χ1) is 6.90. The van der Waals surface area contributed by atoms with E-state index in [4.69, 9.17) is 10.8 Å². The molecule has 0 aliphatic carbocycles. The fraction of sp³-hybridized carbons (Fsp3) is 0.417. The molecule has 0 bridgehead atoms. The lowest BCUT2D eigenvalue weighted by atomic mass is 10.0. The molecule has 0 atom stereocenters. The Hall–Kier alpha value is -1.51. The number of carboxylic acid groups (broad SMARTS) is 1. The quantitative estimate of drug-likeness (QED) is 0.699. The molecule has 0 aliphatic rings. The lowest BCUT2D eigenvalue weighted by molar-refractivity contribution is -0.136. The molecule has 0 saturated heterocycles. The molecule has 0 fully saturated rings. The van der Waals surface area contributed by atoms with Crippen LogP contribution in [-0.2, 0) is 4.79 Å². The van der Waals surface area contributed by atoms with Gasteiger partial charge in [0.05, 0.1) is 0 Å². The average Bonchev–Trinajstić information content (AvgIpc) is 2.21. The topological polar surface area (TPSA) is 63.3 Å². The molecule has 84 valence electrons. The minimum atomic E-state index is -0.745. The van der Waals surface area contributed by atoms with Crippen LogP contribution in [0.25, 0.3) is 0 Å². The van der Waals surface area contributed by atoms with E-state index in [1.165, 1.54) is 16.7 Å². The van der Waals surface area contributed by atoms with Crippen LogP contribution in [0.15, 0.2) is 12.1 Å². The van der Waals surface area contributed by atoms with Crippen molar-refractivity contribution in [3.8, 4) is 0 Å². The van der Waals surface area contributed by atoms with Gasteiger partial charge in [0.15, 0.2) is 0 Å². The minimum Gasteiger partial charge on any atom is -0.481 e. The molecule has 15 heavy (non-hydrogen) atoms. The Kier molecular flexibility index (Phi) is 5.45. The van der Waals surface area contributed by atoms with E-state index in [1.54, 1.807) is 6.92 Å². The third-order valence-corrected chi connectivity index (χ3v) is 2.40. The number of benzene rings is 1. The second-order valence-corrected chi connectivity index (χ2v) is 3.47. The summed E-state index contributed by atoms with van der Waals surface area (Å²) in [6.45, 7) is 7.85. The number of nitrogen functional groups attached to an aromatic ring is 1. The second kappa shape index (κ2) is 6.06. The van der Waals surface area contributed by atoms with Crippen molar-refractivity contribution in [1.29, 1.82) is 0 Å². The summed E-state index contributed by atoms with van der Waals surface area (Å²) in [6, 6.07) is 4.01. The van der Waals surface area contributed by atoms with Gasteiger partial charge < -0.3 is 10.8 Å². The van der Waals surface area contributed by atoms with Crippen LogP contribution in [0.5, 0.6) is 0 Å². The maximum absolute atomic E-state index is 9.37. The van der Waals surface area contributed by atoms with E-state index in [-0.39, 0.29) is 6.42 Å². The molecule has 1 aromatic rings. The van der Waals surface area contributed by atoms with Gasteiger partial charge in [-0.3, -0.25) is 4.79 Å². The SMILES string of the molecule is CCC(=O)O.Cc1ccc(N)c(C)c1C. The highest BCUT2D eigenvalue weighted by Gasteiger charge is 1.98. The van der Waals surface area contributed by atoms with Gasteiger partial charge in [0.25, 0.3) is 0 Å². The molecule has 0 unspecified atom stereocenters. The third kappa shape index (κ3) is 4.49. The average molecular weight is 209 g/mol. The number of carboxylic acids is 1. The van der Waals surface area contributed by atoms with E-state index in [9.17, 15) is 4.79 Å². The first-order valence-corrected chi connectivity index (χ1v) is 4.94. The van der Waals surface area contributed by atoms with Gasteiger partial charge >= 0.3 is 5.97 Å². The molecule has 0 amide bonds. The maximum atomic E-state index is 9.37. The summed E-state index contributed by atoms with van der Waals surface area (Å²) in [5, 5.41) is 7.72. The summed E-state index contributed by atoms with van der Waals surface area (Å²) >= 11 is 0. The largest absolute Gasteiger partial charge is 0.481 e. The van der Waals surface area contributed by atoms with Crippen molar-refractivity contribution < 1.29 is 9.90 Å². The molecule has 0 radical (unpaired) electrons. The Bertz CT molecular complexity index is 319. The number of hydrogen-bond acceptors (Lipinski definition) is 2. The van der Waals surface area contributed by atoms with E-state index in [2.05, 4.69) is 26.8 Å². The van der Waals surface area contributed by atoms with Crippen LogP contribution < -0.4 is 5.73 Å². The van der Waals surface area contributed by atoms with Gasteiger partial charge in [-0.2, -0.15) is 0 Å². The highest BCUT2D eigenvalue weighted by atomic mass is 16.4. The number of rotatable bonds is 1. The van der Waals surface area contributed by atoms with Crippen LogP contribution in [-0.4, -0.2) is 11.1 Å². The van der Waals surface area contributed by atoms with Crippen molar-refractivity contribution in [1.82, 2.24) is 0 Å². The smallest absolute Gasteiger partial charge is 0.303 e.